The number of likely N-dealkylation sites (tertiary alicyclic amines) is 1. The number of nitrogens with zero attached hydrogens (tertiary/aromatic N) is 4. The molecule has 1 aliphatic heterocycles. The molecule has 3 aromatic rings. The maximum Gasteiger partial charge on any atom is 0.243 e. The second kappa shape index (κ2) is 7.67. The molecule has 2 fully saturated rings. The largest absolute Gasteiger partial charge is 0.328 e. The fourth-order valence-electron chi connectivity index (χ4n) is 4.70. The molecule has 2 aliphatic rings. The fraction of sp³-hybridized carbons (Fsp3) is 0.348. The summed E-state index contributed by atoms with van der Waals surface area (Å²) in [4.78, 5) is 48.9. The number of rotatable bonds is 6. The van der Waals surface area contributed by atoms with E-state index in [0.717, 1.165) is 11.8 Å². The predicted octanol–water partition coefficient (Wildman–Crippen LogP) is 3.20. The van der Waals surface area contributed by atoms with Crippen LogP contribution in [0.1, 0.15) is 35.8 Å². The van der Waals surface area contributed by atoms with E-state index in [1.165, 1.54) is 6.92 Å². The summed E-state index contributed by atoms with van der Waals surface area (Å²) < 4.78 is 2.41. The molecule has 0 unspecified atom stereocenters. The van der Waals surface area contributed by atoms with Gasteiger partial charge in [-0.25, -0.2) is 9.97 Å². The van der Waals surface area contributed by atoms with E-state index in [1.807, 2.05) is 24.3 Å². The van der Waals surface area contributed by atoms with E-state index >= 15 is 0 Å². The normalized spacial score (nSPS) is 21.9. The Labute approximate surface area is 187 Å². The number of carbonyl (C=O) groups excluding carboxylic acids is 3. The van der Waals surface area contributed by atoms with Crippen molar-refractivity contribution in [3.63, 3.8) is 0 Å². The summed E-state index contributed by atoms with van der Waals surface area (Å²) in [6.07, 6.45) is 5.22. The first kappa shape index (κ1) is 20.1. The van der Waals surface area contributed by atoms with Crippen molar-refractivity contribution >= 4 is 44.4 Å². The molecule has 3 atom stereocenters. The quantitative estimate of drug-likeness (QED) is 0.399. The first-order valence-electron chi connectivity index (χ1n) is 10.3. The molecule has 0 N–H and O–H groups in total. The van der Waals surface area contributed by atoms with Crippen LogP contribution in [0.4, 0.5) is 0 Å². The summed E-state index contributed by atoms with van der Waals surface area (Å²) >= 11 is 3.34. The van der Waals surface area contributed by atoms with Crippen molar-refractivity contribution in [3.05, 3.63) is 58.6 Å². The highest BCUT2D eigenvalue weighted by Crippen LogP contribution is 2.48. The lowest BCUT2D eigenvalue weighted by atomic mass is 10.0. The Kier molecular flexibility index (Phi) is 4.97. The summed E-state index contributed by atoms with van der Waals surface area (Å²) in [6.45, 7) is 1.57. The molecule has 1 amide bonds. The molecule has 0 spiro atoms. The summed E-state index contributed by atoms with van der Waals surface area (Å²) in [5.41, 5.74) is 1.85. The van der Waals surface area contributed by atoms with Gasteiger partial charge in [0.2, 0.25) is 5.91 Å². The van der Waals surface area contributed by atoms with Crippen LogP contribution in [-0.2, 0) is 22.6 Å². The van der Waals surface area contributed by atoms with E-state index in [0.29, 0.717) is 33.8 Å². The van der Waals surface area contributed by atoms with Gasteiger partial charge in [0.15, 0.2) is 11.6 Å². The number of amides is 1. The van der Waals surface area contributed by atoms with Crippen LogP contribution in [0.5, 0.6) is 0 Å². The maximum atomic E-state index is 13.3. The Morgan fingerprint density at radius 2 is 2.00 bits per heavy atom. The molecule has 0 radical (unpaired) electrons. The number of pyridine rings is 2. The molecule has 0 bridgehead atoms. The number of fused-ring (bicyclic) bond motifs is 2. The zero-order valence-corrected chi connectivity index (χ0v) is 18.6. The van der Waals surface area contributed by atoms with Gasteiger partial charge >= 0.3 is 0 Å². The number of hydrogen-bond donors (Lipinski definition) is 0. The minimum atomic E-state index is -0.418. The van der Waals surface area contributed by atoms with E-state index in [9.17, 15) is 14.4 Å². The van der Waals surface area contributed by atoms with Crippen molar-refractivity contribution in [1.29, 1.82) is 0 Å². The Bertz CT molecular complexity index is 1220. The monoisotopic (exact) mass is 480 g/mol. The Balaban J connectivity index is 1.38. The van der Waals surface area contributed by atoms with Gasteiger partial charge in [-0.05, 0) is 65.9 Å². The van der Waals surface area contributed by atoms with Gasteiger partial charge < -0.3 is 9.47 Å². The molecule has 31 heavy (non-hydrogen) atoms. The Morgan fingerprint density at radius 1 is 1.16 bits per heavy atom. The lowest BCUT2D eigenvalue weighted by molar-refractivity contribution is -0.139. The Hall–Kier alpha value is -2.87. The van der Waals surface area contributed by atoms with Crippen molar-refractivity contribution < 1.29 is 14.4 Å². The summed E-state index contributed by atoms with van der Waals surface area (Å²) in [6, 6.07) is 8.83. The van der Waals surface area contributed by atoms with Crippen LogP contribution < -0.4 is 0 Å². The number of piperidine rings is 1. The zero-order valence-electron chi connectivity index (χ0n) is 17.0. The SMILES string of the molecule is CC(=O)c1cn(CC(=O)N2[C@@H]3C[C@@H]3C[C@H]2C(=O)Cc2cccc(Br)n2)c2ncccc12. The van der Waals surface area contributed by atoms with Crippen LogP contribution in [0.25, 0.3) is 11.0 Å². The molecule has 1 aliphatic carbocycles. The maximum absolute atomic E-state index is 13.3. The molecule has 3 aromatic heterocycles. The third kappa shape index (κ3) is 3.69. The van der Waals surface area contributed by atoms with E-state index in [1.54, 1.807) is 27.9 Å². The van der Waals surface area contributed by atoms with Gasteiger partial charge in [0.25, 0.3) is 0 Å². The minimum absolute atomic E-state index is 0.0195. The van der Waals surface area contributed by atoms with E-state index in [4.69, 9.17) is 0 Å². The van der Waals surface area contributed by atoms with E-state index in [-0.39, 0.29) is 36.5 Å². The molecule has 4 heterocycles. The lowest BCUT2D eigenvalue weighted by Crippen LogP contribution is -2.45. The summed E-state index contributed by atoms with van der Waals surface area (Å²) in [5.74, 6) is 0.247. The molecular weight excluding hydrogens is 460 g/mol. The van der Waals surface area contributed by atoms with E-state index < -0.39 is 6.04 Å². The van der Waals surface area contributed by atoms with E-state index in [2.05, 4.69) is 25.9 Å². The topological polar surface area (TPSA) is 85.2 Å². The highest BCUT2D eigenvalue weighted by atomic mass is 79.9. The van der Waals surface area contributed by atoms with Crippen LogP contribution in [-0.4, -0.2) is 49.0 Å². The molecule has 1 saturated carbocycles. The van der Waals surface area contributed by atoms with Crippen LogP contribution in [0.3, 0.4) is 0 Å². The number of halogens is 1. The van der Waals surface area contributed by atoms with Crippen LogP contribution in [0.15, 0.2) is 47.3 Å². The van der Waals surface area contributed by atoms with Crippen molar-refractivity contribution in [1.82, 2.24) is 19.4 Å². The minimum Gasteiger partial charge on any atom is -0.328 e. The predicted molar refractivity (Wildman–Crippen MR) is 118 cm³/mol. The van der Waals surface area contributed by atoms with Gasteiger partial charge in [-0.2, -0.15) is 0 Å². The third-order valence-electron chi connectivity index (χ3n) is 6.21. The van der Waals surface area contributed by atoms with Gasteiger partial charge in [-0.1, -0.05) is 6.07 Å². The van der Waals surface area contributed by atoms with Gasteiger partial charge in [0.05, 0.1) is 12.5 Å². The van der Waals surface area contributed by atoms with Gasteiger partial charge in [-0.3, -0.25) is 14.4 Å². The van der Waals surface area contributed by atoms with Gasteiger partial charge in [0, 0.05) is 35.1 Å². The standard InChI is InChI=1S/C23H21BrN4O3/c1-13(29)17-11-27(23-16(17)5-3-7-25-23)12-22(31)28-18-8-14(18)9-19(28)20(30)10-15-4-2-6-21(24)26-15/h2-7,11,14,18-19H,8-10,12H2,1H3/t14-,18-,19+/m1/s1. The van der Waals surface area contributed by atoms with Crippen molar-refractivity contribution in [2.45, 2.75) is 44.8 Å². The number of Topliss-reactive ketones (excluding diaryl/α,β-unsaturated/α-hetero) is 2. The highest BCUT2D eigenvalue weighted by Gasteiger charge is 2.55. The summed E-state index contributed by atoms with van der Waals surface area (Å²) in [5, 5.41) is 0.738. The molecule has 8 heteroatoms. The van der Waals surface area contributed by atoms with Crippen molar-refractivity contribution in [2.75, 3.05) is 0 Å². The van der Waals surface area contributed by atoms with Gasteiger partial charge in [-0.15, -0.1) is 0 Å². The first-order valence-corrected chi connectivity index (χ1v) is 11.1. The average Bonchev–Trinajstić information content (AvgIpc) is 3.24. The Morgan fingerprint density at radius 3 is 2.77 bits per heavy atom. The molecule has 0 aromatic carbocycles. The first-order chi connectivity index (χ1) is 14.9. The van der Waals surface area contributed by atoms with Crippen LogP contribution in [0.2, 0.25) is 0 Å². The highest BCUT2D eigenvalue weighted by molar-refractivity contribution is 9.10. The molecule has 1 saturated heterocycles. The number of hydrogen-bond acceptors (Lipinski definition) is 5. The molecule has 7 nitrogen and oxygen atoms in total. The van der Waals surface area contributed by atoms with Crippen molar-refractivity contribution in [2.24, 2.45) is 5.92 Å². The van der Waals surface area contributed by atoms with Crippen LogP contribution in [0, 0.1) is 5.92 Å². The smallest absolute Gasteiger partial charge is 0.243 e. The zero-order chi connectivity index (χ0) is 21.7. The number of carbonyl (C=O) groups is 3. The number of aromatic nitrogens is 3. The molecule has 5 rings (SSSR count). The average molecular weight is 481 g/mol. The van der Waals surface area contributed by atoms with Gasteiger partial charge in [0.1, 0.15) is 16.8 Å². The fourth-order valence-corrected chi connectivity index (χ4v) is 5.08. The molecule has 158 valence electrons. The van der Waals surface area contributed by atoms with Crippen LogP contribution >= 0.6 is 15.9 Å². The second-order valence-corrected chi connectivity index (χ2v) is 9.12. The molecular formula is C23H21BrN4O3. The van der Waals surface area contributed by atoms with Crippen molar-refractivity contribution in [3.8, 4) is 0 Å². The second-order valence-electron chi connectivity index (χ2n) is 8.31. The summed E-state index contributed by atoms with van der Waals surface area (Å²) in [7, 11) is 0. The third-order valence-corrected chi connectivity index (χ3v) is 6.65. The lowest BCUT2D eigenvalue weighted by Gasteiger charge is -2.27. The number of ketones is 2.